The number of hydrogen-bond acceptors (Lipinski definition) is 4. The molecule has 0 aliphatic rings. The number of carbonyl (C=O) groups is 1. The molecule has 0 atom stereocenters. The summed E-state index contributed by atoms with van der Waals surface area (Å²) in [4.78, 5) is 11.5. The van der Waals surface area contributed by atoms with Gasteiger partial charge in [0, 0.05) is 45.3 Å². The highest BCUT2D eigenvalue weighted by Gasteiger charge is 2.02. The van der Waals surface area contributed by atoms with Crippen LogP contribution in [0, 0.1) is 0 Å². The molecule has 0 saturated carbocycles. The molecule has 0 fully saturated rings. The van der Waals surface area contributed by atoms with Gasteiger partial charge >= 0.3 is 0 Å². The van der Waals surface area contributed by atoms with E-state index in [0.717, 1.165) is 17.7 Å². The van der Waals surface area contributed by atoms with E-state index in [1.54, 1.807) is 14.2 Å². The molecule has 0 saturated heterocycles. The minimum Gasteiger partial charge on any atom is -0.496 e. The number of methoxy groups -OCH3 is 2. The van der Waals surface area contributed by atoms with Crippen molar-refractivity contribution in [2.75, 3.05) is 33.9 Å². The van der Waals surface area contributed by atoms with Gasteiger partial charge in [-0.1, -0.05) is 18.2 Å². The normalized spacial score (nSPS) is 10.3. The first-order valence-electron chi connectivity index (χ1n) is 6.86. The summed E-state index contributed by atoms with van der Waals surface area (Å²) in [5.41, 5.74) is 1.09. The smallest absolute Gasteiger partial charge is 0.221 e. The fourth-order valence-electron chi connectivity index (χ4n) is 1.81. The average Bonchev–Trinajstić information content (AvgIpc) is 2.48. The van der Waals surface area contributed by atoms with Crippen molar-refractivity contribution in [1.29, 1.82) is 0 Å². The van der Waals surface area contributed by atoms with Crippen molar-refractivity contribution >= 4 is 5.91 Å². The van der Waals surface area contributed by atoms with E-state index in [9.17, 15) is 4.79 Å². The van der Waals surface area contributed by atoms with Gasteiger partial charge in [-0.25, -0.2) is 0 Å². The molecule has 1 aromatic carbocycles. The summed E-state index contributed by atoms with van der Waals surface area (Å²) in [6.45, 7) is 2.68. The van der Waals surface area contributed by atoms with Crippen molar-refractivity contribution in [1.82, 2.24) is 10.6 Å². The maximum Gasteiger partial charge on any atom is 0.221 e. The number of amides is 1. The summed E-state index contributed by atoms with van der Waals surface area (Å²) in [6.07, 6.45) is 1.32. The van der Waals surface area contributed by atoms with E-state index in [0.29, 0.717) is 32.7 Å². The van der Waals surface area contributed by atoms with Crippen LogP contribution in [-0.2, 0) is 16.1 Å². The van der Waals surface area contributed by atoms with Crippen molar-refractivity contribution in [2.24, 2.45) is 0 Å². The van der Waals surface area contributed by atoms with Crippen LogP contribution in [0.25, 0.3) is 0 Å². The third-order valence-electron chi connectivity index (χ3n) is 2.88. The molecule has 20 heavy (non-hydrogen) atoms. The van der Waals surface area contributed by atoms with Gasteiger partial charge in [-0.05, 0) is 12.5 Å². The maximum absolute atomic E-state index is 11.5. The molecule has 1 rings (SSSR count). The third-order valence-corrected chi connectivity index (χ3v) is 2.88. The Labute approximate surface area is 120 Å². The van der Waals surface area contributed by atoms with E-state index in [4.69, 9.17) is 9.47 Å². The van der Waals surface area contributed by atoms with Crippen LogP contribution in [0.3, 0.4) is 0 Å². The van der Waals surface area contributed by atoms with E-state index in [2.05, 4.69) is 10.6 Å². The Kier molecular flexibility index (Phi) is 8.42. The molecule has 112 valence electrons. The Bertz CT molecular complexity index is 396. The zero-order valence-corrected chi connectivity index (χ0v) is 12.3. The fourth-order valence-corrected chi connectivity index (χ4v) is 1.81. The summed E-state index contributed by atoms with van der Waals surface area (Å²) >= 11 is 0. The van der Waals surface area contributed by atoms with Crippen LogP contribution in [0.2, 0.25) is 0 Å². The molecule has 0 aromatic heterocycles. The molecule has 0 aliphatic carbocycles. The zero-order chi connectivity index (χ0) is 14.6. The molecule has 0 heterocycles. The average molecular weight is 280 g/mol. The molecule has 0 spiro atoms. The molecule has 1 amide bonds. The number of ether oxygens (including phenoxy) is 2. The van der Waals surface area contributed by atoms with E-state index in [-0.39, 0.29) is 5.91 Å². The minimum absolute atomic E-state index is 0.0635. The predicted molar refractivity (Wildman–Crippen MR) is 78.8 cm³/mol. The Hall–Kier alpha value is -1.59. The van der Waals surface area contributed by atoms with Crippen LogP contribution in [0.5, 0.6) is 5.75 Å². The quantitative estimate of drug-likeness (QED) is 0.635. The van der Waals surface area contributed by atoms with Crippen molar-refractivity contribution < 1.29 is 14.3 Å². The minimum atomic E-state index is 0.0635. The first-order valence-corrected chi connectivity index (χ1v) is 6.86. The van der Waals surface area contributed by atoms with Gasteiger partial charge in [0.15, 0.2) is 0 Å². The second-order valence-corrected chi connectivity index (χ2v) is 4.43. The maximum atomic E-state index is 11.5. The number of para-hydroxylation sites is 1. The van der Waals surface area contributed by atoms with Gasteiger partial charge < -0.3 is 20.1 Å². The molecule has 2 N–H and O–H groups in total. The highest BCUT2D eigenvalue weighted by Crippen LogP contribution is 2.16. The van der Waals surface area contributed by atoms with Gasteiger partial charge in [-0.2, -0.15) is 0 Å². The molecule has 5 nitrogen and oxygen atoms in total. The largest absolute Gasteiger partial charge is 0.496 e. The van der Waals surface area contributed by atoms with E-state index in [1.807, 2.05) is 24.3 Å². The zero-order valence-electron chi connectivity index (χ0n) is 12.3. The summed E-state index contributed by atoms with van der Waals surface area (Å²) in [6, 6.07) is 7.86. The van der Waals surface area contributed by atoms with Crippen LogP contribution in [0.15, 0.2) is 24.3 Å². The lowest BCUT2D eigenvalue weighted by atomic mass is 10.2. The lowest BCUT2D eigenvalue weighted by Crippen LogP contribution is -2.28. The van der Waals surface area contributed by atoms with Crippen molar-refractivity contribution in [3.8, 4) is 5.75 Å². The van der Waals surface area contributed by atoms with Gasteiger partial charge in [-0.3, -0.25) is 4.79 Å². The third kappa shape index (κ3) is 6.54. The molecule has 1 aromatic rings. The van der Waals surface area contributed by atoms with Crippen LogP contribution in [0.1, 0.15) is 18.4 Å². The Balaban J connectivity index is 2.13. The second-order valence-electron chi connectivity index (χ2n) is 4.43. The van der Waals surface area contributed by atoms with Crippen molar-refractivity contribution in [3.05, 3.63) is 29.8 Å². The van der Waals surface area contributed by atoms with Crippen LogP contribution in [-0.4, -0.2) is 39.8 Å². The molecular formula is C15H24N2O3. The van der Waals surface area contributed by atoms with Gasteiger partial charge in [0.1, 0.15) is 5.75 Å². The lowest BCUT2D eigenvalue weighted by Gasteiger charge is -2.09. The molecule has 0 unspecified atom stereocenters. The molecular weight excluding hydrogens is 256 g/mol. The Morgan fingerprint density at radius 2 is 2.00 bits per heavy atom. The van der Waals surface area contributed by atoms with Gasteiger partial charge in [0.25, 0.3) is 0 Å². The number of hydrogen-bond donors (Lipinski definition) is 2. The summed E-state index contributed by atoms with van der Waals surface area (Å²) in [5.74, 6) is 0.928. The summed E-state index contributed by atoms with van der Waals surface area (Å²) in [5, 5.41) is 6.10. The summed E-state index contributed by atoms with van der Waals surface area (Å²) < 4.78 is 10.2. The summed E-state index contributed by atoms with van der Waals surface area (Å²) in [7, 11) is 3.32. The molecule has 0 radical (unpaired) electrons. The molecule has 0 bridgehead atoms. The van der Waals surface area contributed by atoms with Crippen LogP contribution >= 0.6 is 0 Å². The fraction of sp³-hybridized carbons (Fsp3) is 0.533. The SMILES string of the molecule is COCCCNC(=O)CCNCc1ccccc1OC. The van der Waals surface area contributed by atoms with Crippen molar-refractivity contribution in [3.63, 3.8) is 0 Å². The van der Waals surface area contributed by atoms with Crippen LogP contribution < -0.4 is 15.4 Å². The van der Waals surface area contributed by atoms with Crippen LogP contribution in [0.4, 0.5) is 0 Å². The number of benzene rings is 1. The van der Waals surface area contributed by atoms with Crippen molar-refractivity contribution in [2.45, 2.75) is 19.4 Å². The molecule has 5 heteroatoms. The second kappa shape index (κ2) is 10.2. The van der Waals surface area contributed by atoms with E-state index in [1.165, 1.54) is 0 Å². The predicted octanol–water partition coefficient (Wildman–Crippen LogP) is 1.33. The highest BCUT2D eigenvalue weighted by atomic mass is 16.5. The number of carbonyl (C=O) groups excluding carboxylic acids is 1. The number of nitrogens with one attached hydrogen (secondary N) is 2. The van der Waals surface area contributed by atoms with E-state index >= 15 is 0 Å². The van der Waals surface area contributed by atoms with Gasteiger partial charge in [-0.15, -0.1) is 0 Å². The molecule has 0 aliphatic heterocycles. The number of rotatable bonds is 10. The first-order chi connectivity index (χ1) is 9.77. The van der Waals surface area contributed by atoms with Gasteiger partial charge in [0.2, 0.25) is 5.91 Å². The Morgan fingerprint density at radius 1 is 1.20 bits per heavy atom. The highest BCUT2D eigenvalue weighted by molar-refractivity contribution is 5.75. The van der Waals surface area contributed by atoms with Gasteiger partial charge in [0.05, 0.1) is 7.11 Å². The first kappa shape index (κ1) is 16.5. The lowest BCUT2D eigenvalue weighted by molar-refractivity contribution is -0.121. The standard InChI is InChI=1S/C15H24N2O3/c1-19-11-5-9-17-15(18)8-10-16-12-13-6-3-4-7-14(13)20-2/h3-4,6-7,16H,5,8-12H2,1-2H3,(H,17,18). The van der Waals surface area contributed by atoms with E-state index < -0.39 is 0 Å². The Morgan fingerprint density at radius 3 is 2.75 bits per heavy atom. The topological polar surface area (TPSA) is 59.6 Å². The monoisotopic (exact) mass is 280 g/mol.